The molecule has 1 saturated heterocycles. The first kappa shape index (κ1) is 14.4. The predicted molar refractivity (Wildman–Crippen MR) is 79.6 cm³/mol. The minimum absolute atomic E-state index is 0.700. The fraction of sp³-hybridized carbons (Fsp3) is 0.625. The van der Waals surface area contributed by atoms with Crippen LogP contribution in [0.15, 0.2) is 24.3 Å². The third kappa shape index (κ3) is 4.22. The highest BCUT2D eigenvalue weighted by Gasteiger charge is 2.21. The van der Waals surface area contributed by atoms with Crippen LogP contribution >= 0.6 is 0 Å². The molecule has 1 aliphatic heterocycles. The number of hydrogen-bond acceptors (Lipinski definition) is 3. The molecule has 0 amide bonds. The van der Waals surface area contributed by atoms with E-state index in [-0.39, 0.29) is 0 Å². The predicted octanol–water partition coefficient (Wildman–Crippen LogP) is 2.66. The largest absolute Gasteiger partial charge is 0.494 e. The summed E-state index contributed by atoms with van der Waals surface area (Å²) in [5.41, 5.74) is 1.38. The van der Waals surface area contributed by atoms with Gasteiger partial charge in [0.15, 0.2) is 0 Å². The maximum Gasteiger partial charge on any atom is 0.119 e. The summed E-state index contributed by atoms with van der Waals surface area (Å²) in [5, 5.41) is 3.46. The van der Waals surface area contributed by atoms with Crippen molar-refractivity contribution >= 4 is 0 Å². The zero-order valence-corrected chi connectivity index (χ0v) is 12.2. The van der Waals surface area contributed by atoms with E-state index in [9.17, 15) is 0 Å². The van der Waals surface area contributed by atoms with Crippen molar-refractivity contribution in [1.29, 1.82) is 0 Å². The average Bonchev–Trinajstić information content (AvgIpc) is 2.95. The molecule has 19 heavy (non-hydrogen) atoms. The van der Waals surface area contributed by atoms with E-state index >= 15 is 0 Å². The van der Waals surface area contributed by atoms with Gasteiger partial charge in [0.2, 0.25) is 0 Å². The van der Waals surface area contributed by atoms with Crippen LogP contribution in [0.1, 0.15) is 32.3 Å². The van der Waals surface area contributed by atoms with Gasteiger partial charge in [-0.15, -0.1) is 0 Å². The molecule has 2 rings (SSSR count). The Balaban J connectivity index is 1.95. The monoisotopic (exact) mass is 262 g/mol. The fourth-order valence-electron chi connectivity index (χ4n) is 2.72. The van der Waals surface area contributed by atoms with E-state index < -0.39 is 0 Å². The van der Waals surface area contributed by atoms with Crippen molar-refractivity contribution in [2.75, 3.05) is 26.2 Å². The van der Waals surface area contributed by atoms with Crippen LogP contribution in [0.25, 0.3) is 0 Å². The number of benzene rings is 1. The van der Waals surface area contributed by atoms with E-state index in [4.69, 9.17) is 4.74 Å². The zero-order chi connectivity index (χ0) is 13.5. The molecule has 106 valence electrons. The molecule has 1 unspecified atom stereocenters. The Kier molecular flexibility index (Phi) is 5.67. The zero-order valence-electron chi connectivity index (χ0n) is 12.2. The fourth-order valence-corrected chi connectivity index (χ4v) is 2.72. The van der Waals surface area contributed by atoms with Crippen molar-refractivity contribution in [3.8, 4) is 5.75 Å². The van der Waals surface area contributed by atoms with Crippen LogP contribution in [-0.4, -0.2) is 37.2 Å². The van der Waals surface area contributed by atoms with Crippen molar-refractivity contribution < 1.29 is 4.74 Å². The summed E-state index contributed by atoms with van der Waals surface area (Å²) >= 11 is 0. The molecular formula is C16H26N2O. The van der Waals surface area contributed by atoms with Crippen LogP contribution in [0.5, 0.6) is 5.75 Å². The molecule has 1 aliphatic rings. The second kappa shape index (κ2) is 7.51. The van der Waals surface area contributed by atoms with Gasteiger partial charge in [0.25, 0.3) is 0 Å². The van der Waals surface area contributed by atoms with E-state index in [2.05, 4.69) is 41.4 Å². The summed E-state index contributed by atoms with van der Waals surface area (Å²) in [7, 11) is 0. The van der Waals surface area contributed by atoms with Gasteiger partial charge in [-0.2, -0.15) is 0 Å². The third-order valence-corrected chi connectivity index (χ3v) is 3.68. The molecule has 3 heteroatoms. The van der Waals surface area contributed by atoms with Crippen LogP contribution in [0.3, 0.4) is 0 Å². The highest BCUT2D eigenvalue weighted by molar-refractivity contribution is 5.27. The summed E-state index contributed by atoms with van der Waals surface area (Å²) in [4.78, 5) is 2.61. The topological polar surface area (TPSA) is 24.5 Å². The van der Waals surface area contributed by atoms with Crippen LogP contribution < -0.4 is 10.1 Å². The minimum Gasteiger partial charge on any atom is -0.494 e. The summed E-state index contributed by atoms with van der Waals surface area (Å²) in [6.45, 7) is 9.53. The lowest BCUT2D eigenvalue weighted by molar-refractivity contribution is 0.199. The van der Waals surface area contributed by atoms with Gasteiger partial charge in [-0.05, 0) is 50.6 Å². The number of nitrogens with zero attached hydrogens (tertiary/aromatic N) is 1. The summed E-state index contributed by atoms with van der Waals surface area (Å²) in [6.07, 6.45) is 2.49. The van der Waals surface area contributed by atoms with Crippen LogP contribution in [0, 0.1) is 0 Å². The van der Waals surface area contributed by atoms with E-state index in [0.29, 0.717) is 6.04 Å². The van der Waals surface area contributed by atoms with E-state index in [1.54, 1.807) is 0 Å². The Labute approximate surface area is 116 Å². The number of ether oxygens (including phenoxy) is 1. The van der Waals surface area contributed by atoms with Gasteiger partial charge in [0, 0.05) is 19.1 Å². The molecule has 0 spiro atoms. The lowest BCUT2D eigenvalue weighted by Crippen LogP contribution is -2.36. The first-order valence-electron chi connectivity index (χ1n) is 7.50. The van der Waals surface area contributed by atoms with E-state index in [1.165, 1.54) is 24.9 Å². The number of hydrogen-bond donors (Lipinski definition) is 1. The summed E-state index contributed by atoms with van der Waals surface area (Å²) < 4.78 is 5.49. The molecule has 0 radical (unpaired) electrons. The molecule has 0 saturated carbocycles. The van der Waals surface area contributed by atoms with E-state index in [0.717, 1.165) is 32.0 Å². The van der Waals surface area contributed by atoms with Crippen LogP contribution in [0.4, 0.5) is 0 Å². The highest BCUT2D eigenvalue weighted by atomic mass is 16.5. The summed E-state index contributed by atoms with van der Waals surface area (Å²) in [5.74, 6) is 0.968. The van der Waals surface area contributed by atoms with Crippen LogP contribution in [0.2, 0.25) is 0 Å². The quantitative estimate of drug-likeness (QED) is 0.817. The molecule has 1 aromatic carbocycles. The number of nitrogens with one attached hydrogen (secondary N) is 1. The van der Waals surface area contributed by atoms with Crippen molar-refractivity contribution in [3.05, 3.63) is 29.8 Å². The second-order valence-electron chi connectivity index (χ2n) is 5.19. The normalized spacial score (nSPS) is 19.0. The molecule has 0 aliphatic carbocycles. The SMILES string of the molecule is CCCN(Cc1ccc(OCC)cc1)C1CCNC1. The lowest BCUT2D eigenvalue weighted by Gasteiger charge is -2.28. The smallest absolute Gasteiger partial charge is 0.119 e. The van der Waals surface area contributed by atoms with E-state index in [1.807, 2.05) is 6.92 Å². The van der Waals surface area contributed by atoms with Gasteiger partial charge in [-0.25, -0.2) is 0 Å². The van der Waals surface area contributed by atoms with Crippen molar-refractivity contribution in [1.82, 2.24) is 10.2 Å². The first-order valence-corrected chi connectivity index (χ1v) is 7.50. The molecule has 1 N–H and O–H groups in total. The van der Waals surface area contributed by atoms with Gasteiger partial charge in [0.05, 0.1) is 6.61 Å². The molecular weight excluding hydrogens is 236 g/mol. The van der Waals surface area contributed by atoms with Crippen molar-refractivity contribution in [2.45, 2.75) is 39.3 Å². The molecule has 1 atom stereocenters. The molecule has 3 nitrogen and oxygen atoms in total. The maximum atomic E-state index is 5.49. The van der Waals surface area contributed by atoms with Gasteiger partial charge in [0.1, 0.15) is 5.75 Å². The molecule has 0 aromatic heterocycles. The van der Waals surface area contributed by atoms with Gasteiger partial charge >= 0.3 is 0 Å². The maximum absolute atomic E-state index is 5.49. The highest BCUT2D eigenvalue weighted by Crippen LogP contribution is 2.17. The Bertz CT molecular complexity index is 358. The van der Waals surface area contributed by atoms with Crippen LogP contribution in [-0.2, 0) is 6.54 Å². The molecule has 0 bridgehead atoms. The molecule has 1 heterocycles. The van der Waals surface area contributed by atoms with Gasteiger partial charge in [-0.3, -0.25) is 4.90 Å². The second-order valence-corrected chi connectivity index (χ2v) is 5.19. The third-order valence-electron chi connectivity index (χ3n) is 3.68. The standard InChI is InChI=1S/C16H26N2O/c1-3-11-18(15-9-10-17-12-15)13-14-5-7-16(8-6-14)19-4-2/h5-8,15,17H,3-4,9-13H2,1-2H3. The Morgan fingerprint density at radius 1 is 1.26 bits per heavy atom. The average molecular weight is 262 g/mol. The minimum atomic E-state index is 0.700. The number of rotatable bonds is 7. The van der Waals surface area contributed by atoms with Crippen molar-refractivity contribution in [2.24, 2.45) is 0 Å². The lowest BCUT2D eigenvalue weighted by atomic mass is 10.1. The Morgan fingerprint density at radius 2 is 2.05 bits per heavy atom. The Hall–Kier alpha value is -1.06. The molecule has 1 fully saturated rings. The van der Waals surface area contributed by atoms with Gasteiger partial charge < -0.3 is 10.1 Å². The molecule has 1 aromatic rings. The van der Waals surface area contributed by atoms with Gasteiger partial charge in [-0.1, -0.05) is 19.1 Å². The summed E-state index contributed by atoms with van der Waals surface area (Å²) in [6, 6.07) is 9.24. The van der Waals surface area contributed by atoms with Crippen molar-refractivity contribution in [3.63, 3.8) is 0 Å². The Morgan fingerprint density at radius 3 is 2.63 bits per heavy atom. The first-order chi connectivity index (χ1) is 9.33.